The Kier molecular flexibility index (Phi) is 6.75. The number of nitrogens with two attached hydrogens (primary N) is 1. The molecule has 0 radical (unpaired) electrons. The number of benzene rings is 1. The largest absolute Gasteiger partial charge is 0.384 e. The lowest BCUT2D eigenvalue weighted by atomic mass is 9.97. The first kappa shape index (κ1) is 23.9. The highest BCUT2D eigenvalue weighted by atomic mass is 32.2. The number of hydrogen-bond acceptors (Lipinski definition) is 6. The smallest absolute Gasteiger partial charge is 0.266 e. The summed E-state index contributed by atoms with van der Waals surface area (Å²) in [7, 11) is -3.17. The van der Waals surface area contributed by atoms with Gasteiger partial charge in [0.05, 0.1) is 30.5 Å². The van der Waals surface area contributed by atoms with Crippen molar-refractivity contribution in [2.75, 3.05) is 19.3 Å². The van der Waals surface area contributed by atoms with Crippen molar-refractivity contribution in [3.8, 4) is 11.1 Å². The number of amidine groups is 1. The molecule has 0 amide bonds. The molecule has 3 heterocycles. The second kappa shape index (κ2) is 9.02. The summed E-state index contributed by atoms with van der Waals surface area (Å²) < 4.78 is 74.4. The zero-order valence-electron chi connectivity index (χ0n) is 17.4. The average Bonchev–Trinajstić information content (AvgIpc) is 3.27. The molecule has 1 aromatic heterocycles. The number of oxime groups is 1. The molecule has 2 aliphatic rings. The number of sulfonamides is 1. The van der Waals surface area contributed by atoms with Crippen LogP contribution in [-0.2, 0) is 14.9 Å². The molecule has 0 aliphatic carbocycles. The number of alkyl halides is 2. The van der Waals surface area contributed by atoms with Gasteiger partial charge in [-0.25, -0.2) is 31.1 Å². The van der Waals surface area contributed by atoms with Crippen molar-refractivity contribution in [3.05, 3.63) is 53.4 Å². The van der Waals surface area contributed by atoms with Crippen LogP contribution in [0.3, 0.4) is 0 Å². The van der Waals surface area contributed by atoms with Gasteiger partial charge in [-0.1, -0.05) is 11.2 Å². The summed E-state index contributed by atoms with van der Waals surface area (Å²) in [6.45, 7) is 1.55. The minimum Gasteiger partial charge on any atom is -0.384 e. The molecule has 2 N–H and O–H groups in total. The van der Waals surface area contributed by atoms with Crippen LogP contribution in [0, 0.1) is 18.6 Å². The van der Waals surface area contributed by atoms with Gasteiger partial charge in [0.1, 0.15) is 17.5 Å². The normalized spacial score (nSPS) is 19.8. The van der Waals surface area contributed by atoms with Crippen molar-refractivity contribution in [2.45, 2.75) is 31.8 Å². The molecular weight excluding hydrogens is 452 g/mol. The quantitative estimate of drug-likeness (QED) is 0.674. The molecule has 1 atom stereocenters. The average molecular weight is 474 g/mol. The van der Waals surface area contributed by atoms with E-state index >= 15 is 0 Å². The first-order valence-electron chi connectivity index (χ1n) is 9.58. The minimum absolute atomic E-state index is 0.187. The van der Waals surface area contributed by atoms with E-state index in [4.69, 9.17) is 4.84 Å². The molecule has 174 valence electrons. The van der Waals surface area contributed by atoms with Crippen molar-refractivity contribution >= 4 is 15.9 Å². The molecule has 0 bridgehead atoms. The van der Waals surface area contributed by atoms with Crippen LogP contribution in [0.15, 0.2) is 35.6 Å². The molecule has 1 saturated heterocycles. The van der Waals surface area contributed by atoms with Gasteiger partial charge in [-0.15, -0.1) is 0 Å². The lowest BCUT2D eigenvalue weighted by Crippen LogP contribution is -2.30. The molecule has 7 nitrogen and oxygen atoms in total. The number of aromatic nitrogens is 1. The third-order valence-corrected chi connectivity index (χ3v) is 4.78. The second-order valence-corrected chi connectivity index (χ2v) is 9.36. The summed E-state index contributed by atoms with van der Waals surface area (Å²) in [5.41, 5.74) is 1.15. The van der Waals surface area contributed by atoms with Crippen molar-refractivity contribution in [1.29, 1.82) is 0 Å². The Balaban J connectivity index is 0.000000523. The third kappa shape index (κ3) is 5.94. The highest BCUT2D eigenvalue weighted by Gasteiger charge is 2.42. The SMILES string of the molecule is CS(N)(=O)=O.Cc1cnc(C2CC(N3CCC(F)(F)C3)=NO2)c(-c2c(F)cccc2F)c1. The molecule has 0 saturated carbocycles. The Bertz CT molecular complexity index is 1110. The lowest BCUT2D eigenvalue weighted by Gasteiger charge is -2.17. The molecular formula is C20H22F4N4O3S. The van der Waals surface area contributed by atoms with Gasteiger partial charge in [-0.2, -0.15) is 0 Å². The van der Waals surface area contributed by atoms with Gasteiger partial charge in [0.2, 0.25) is 10.0 Å². The zero-order chi connectivity index (χ0) is 23.7. The second-order valence-electron chi connectivity index (χ2n) is 7.70. The molecule has 1 aromatic carbocycles. The van der Waals surface area contributed by atoms with E-state index in [1.807, 2.05) is 0 Å². The summed E-state index contributed by atoms with van der Waals surface area (Å²) in [6.07, 6.45) is 1.81. The summed E-state index contributed by atoms with van der Waals surface area (Å²) >= 11 is 0. The summed E-state index contributed by atoms with van der Waals surface area (Å²) in [5.74, 6) is -3.76. The molecule has 0 spiro atoms. The number of primary sulfonamides is 1. The van der Waals surface area contributed by atoms with Crippen LogP contribution >= 0.6 is 0 Å². The topological polar surface area (TPSA) is 97.9 Å². The third-order valence-electron chi connectivity index (χ3n) is 4.78. The van der Waals surface area contributed by atoms with Crippen LogP contribution in [0.5, 0.6) is 0 Å². The molecule has 4 rings (SSSR count). The Labute approximate surface area is 182 Å². The van der Waals surface area contributed by atoms with E-state index in [2.05, 4.69) is 15.3 Å². The van der Waals surface area contributed by atoms with Gasteiger partial charge < -0.3 is 9.74 Å². The van der Waals surface area contributed by atoms with Crippen molar-refractivity contribution in [2.24, 2.45) is 10.3 Å². The van der Waals surface area contributed by atoms with Crippen LogP contribution in [0.2, 0.25) is 0 Å². The van der Waals surface area contributed by atoms with E-state index in [9.17, 15) is 26.0 Å². The van der Waals surface area contributed by atoms with E-state index < -0.39 is 40.2 Å². The molecule has 1 fully saturated rings. The maximum Gasteiger partial charge on any atom is 0.266 e. The van der Waals surface area contributed by atoms with E-state index in [0.717, 1.165) is 11.8 Å². The fourth-order valence-electron chi connectivity index (χ4n) is 3.45. The number of likely N-dealkylation sites (tertiary alicyclic amines) is 1. The van der Waals surface area contributed by atoms with E-state index in [0.29, 0.717) is 11.5 Å². The first-order valence-corrected chi connectivity index (χ1v) is 11.5. The Morgan fingerprint density at radius 2 is 1.88 bits per heavy atom. The standard InChI is InChI=1S/C19H17F4N3O.CH5NO2S/c1-11-7-12(17-13(20)3-2-4-14(17)21)18(24-9-11)15-8-16(25-27-15)26-6-5-19(22,23)10-26;1-5(2,3)4/h2-4,7,9,15H,5-6,8,10H2,1H3;1H3,(H2,2,3,4). The van der Waals surface area contributed by atoms with Crippen LogP contribution in [0.1, 0.15) is 30.2 Å². The first-order chi connectivity index (χ1) is 14.8. The van der Waals surface area contributed by atoms with Crippen LogP contribution in [-0.4, -0.2) is 49.4 Å². The Hall–Kier alpha value is -2.73. The number of rotatable bonds is 2. The summed E-state index contributed by atoms with van der Waals surface area (Å²) in [5, 5.41) is 8.25. The molecule has 1 unspecified atom stereocenters. The Morgan fingerprint density at radius 3 is 2.44 bits per heavy atom. The Morgan fingerprint density at radius 1 is 1.25 bits per heavy atom. The van der Waals surface area contributed by atoms with Gasteiger partial charge in [0.25, 0.3) is 5.92 Å². The predicted molar refractivity (Wildman–Crippen MR) is 110 cm³/mol. The highest BCUT2D eigenvalue weighted by molar-refractivity contribution is 7.88. The number of hydrogen-bond donors (Lipinski definition) is 1. The summed E-state index contributed by atoms with van der Waals surface area (Å²) in [6, 6.07) is 5.27. The highest BCUT2D eigenvalue weighted by Crippen LogP contribution is 2.38. The van der Waals surface area contributed by atoms with E-state index in [1.165, 1.54) is 23.1 Å². The minimum atomic E-state index is -3.17. The number of nitrogens with zero attached hydrogens (tertiary/aromatic N) is 3. The van der Waals surface area contributed by atoms with E-state index in [1.54, 1.807) is 19.2 Å². The lowest BCUT2D eigenvalue weighted by molar-refractivity contribution is 0.0174. The van der Waals surface area contributed by atoms with Gasteiger partial charge >= 0.3 is 0 Å². The number of pyridine rings is 1. The molecule has 2 aliphatic heterocycles. The van der Waals surface area contributed by atoms with Gasteiger partial charge in [0, 0.05) is 24.7 Å². The van der Waals surface area contributed by atoms with Gasteiger partial charge in [-0.3, -0.25) is 4.98 Å². The fourth-order valence-corrected chi connectivity index (χ4v) is 3.45. The molecule has 32 heavy (non-hydrogen) atoms. The van der Waals surface area contributed by atoms with Crippen molar-refractivity contribution < 1.29 is 30.8 Å². The van der Waals surface area contributed by atoms with Crippen LogP contribution < -0.4 is 5.14 Å². The van der Waals surface area contributed by atoms with Crippen molar-refractivity contribution in [3.63, 3.8) is 0 Å². The van der Waals surface area contributed by atoms with Crippen LogP contribution in [0.25, 0.3) is 11.1 Å². The summed E-state index contributed by atoms with van der Waals surface area (Å²) in [4.78, 5) is 11.2. The number of halogens is 4. The molecule has 2 aromatic rings. The van der Waals surface area contributed by atoms with Crippen molar-refractivity contribution in [1.82, 2.24) is 9.88 Å². The fraction of sp³-hybridized carbons (Fsp3) is 0.400. The van der Waals surface area contributed by atoms with E-state index in [-0.39, 0.29) is 30.5 Å². The monoisotopic (exact) mass is 474 g/mol. The van der Waals surface area contributed by atoms with Crippen LogP contribution in [0.4, 0.5) is 17.6 Å². The predicted octanol–water partition coefficient (Wildman–Crippen LogP) is 3.36. The van der Waals surface area contributed by atoms with Gasteiger partial charge in [-0.05, 0) is 30.7 Å². The van der Waals surface area contributed by atoms with Gasteiger partial charge in [0.15, 0.2) is 6.10 Å². The number of aryl methyl sites for hydroxylation is 1. The zero-order valence-corrected chi connectivity index (χ0v) is 18.2. The molecule has 12 heteroatoms. The maximum atomic E-state index is 14.3. The maximum absolute atomic E-state index is 14.3.